The Balaban J connectivity index is 2.21. The zero-order valence-electron chi connectivity index (χ0n) is 9.33. The fraction of sp³-hybridized carbons (Fsp3) is 0.417. The van der Waals surface area contributed by atoms with E-state index in [0.717, 1.165) is 12.0 Å². The van der Waals surface area contributed by atoms with Crippen LogP contribution in [0.5, 0.6) is 5.75 Å². The van der Waals surface area contributed by atoms with Crippen molar-refractivity contribution in [2.75, 3.05) is 19.5 Å². The molecule has 1 aromatic rings. The van der Waals surface area contributed by atoms with Crippen LogP contribution in [0.4, 0.5) is 10.1 Å². The van der Waals surface area contributed by atoms with Crippen molar-refractivity contribution in [3.63, 3.8) is 0 Å². The molecule has 3 rings (SSSR count). The van der Waals surface area contributed by atoms with Crippen LogP contribution in [0.2, 0.25) is 0 Å². The second-order valence-electron chi connectivity index (χ2n) is 4.47. The summed E-state index contributed by atoms with van der Waals surface area (Å²) >= 11 is 0. The van der Waals surface area contributed by atoms with E-state index in [4.69, 9.17) is 10.5 Å². The average Bonchev–Trinajstić information content (AvgIpc) is 3.09. The number of halogens is 1. The van der Waals surface area contributed by atoms with Crippen LogP contribution in [0, 0.1) is 11.7 Å². The van der Waals surface area contributed by atoms with Gasteiger partial charge in [-0.2, -0.15) is 0 Å². The highest BCUT2D eigenvalue weighted by atomic mass is 19.1. The first-order chi connectivity index (χ1) is 8.13. The molecule has 0 saturated heterocycles. The third-order valence-electron chi connectivity index (χ3n) is 3.45. The molecule has 0 amide bonds. The minimum atomic E-state index is -0.655. The Hall–Kier alpha value is -1.78. The van der Waals surface area contributed by atoms with Gasteiger partial charge in [0, 0.05) is 11.5 Å². The molecule has 2 atom stereocenters. The molecule has 5 heteroatoms. The number of nitrogens with two attached hydrogens (primary N) is 1. The van der Waals surface area contributed by atoms with E-state index in [2.05, 4.69) is 4.74 Å². The normalized spacial score (nSPS) is 24.4. The Morgan fingerprint density at radius 2 is 2.41 bits per heavy atom. The molecule has 2 unspecified atom stereocenters. The second-order valence-corrected chi connectivity index (χ2v) is 4.47. The number of nitrogen functional groups attached to an aromatic ring is 1. The van der Waals surface area contributed by atoms with Crippen molar-refractivity contribution >= 4 is 11.7 Å². The van der Waals surface area contributed by atoms with E-state index in [9.17, 15) is 9.18 Å². The van der Waals surface area contributed by atoms with E-state index in [1.165, 1.54) is 13.2 Å². The number of carbonyl (C=O) groups is 1. The van der Waals surface area contributed by atoms with Crippen LogP contribution in [-0.4, -0.2) is 19.7 Å². The van der Waals surface area contributed by atoms with E-state index in [1.54, 1.807) is 0 Å². The molecule has 0 bridgehead atoms. The maximum atomic E-state index is 13.7. The van der Waals surface area contributed by atoms with Gasteiger partial charge in [0.15, 0.2) is 0 Å². The lowest BCUT2D eigenvalue weighted by Gasteiger charge is -2.20. The van der Waals surface area contributed by atoms with Crippen molar-refractivity contribution in [3.05, 3.63) is 23.0 Å². The monoisotopic (exact) mass is 237 g/mol. The van der Waals surface area contributed by atoms with Crippen LogP contribution in [0.1, 0.15) is 28.3 Å². The number of esters is 1. The van der Waals surface area contributed by atoms with Crippen molar-refractivity contribution < 1.29 is 18.7 Å². The molecule has 2 N–H and O–H groups in total. The minimum absolute atomic E-state index is 0.0212. The van der Waals surface area contributed by atoms with Crippen molar-refractivity contribution in [3.8, 4) is 5.75 Å². The van der Waals surface area contributed by atoms with Gasteiger partial charge in [0.25, 0.3) is 0 Å². The SMILES string of the molecule is COC(=O)c1c(N)c(F)cc2c1OCC1CC21. The van der Waals surface area contributed by atoms with E-state index >= 15 is 0 Å². The Morgan fingerprint density at radius 3 is 3.12 bits per heavy atom. The summed E-state index contributed by atoms with van der Waals surface area (Å²) in [6, 6.07) is 1.38. The van der Waals surface area contributed by atoms with Crippen molar-refractivity contribution in [2.24, 2.45) is 5.92 Å². The number of fused-ring (bicyclic) bond motifs is 3. The summed E-state index contributed by atoms with van der Waals surface area (Å²) in [6.45, 7) is 0.562. The third kappa shape index (κ3) is 1.38. The van der Waals surface area contributed by atoms with Gasteiger partial charge in [0.1, 0.15) is 17.1 Å². The molecule has 1 fully saturated rings. The highest BCUT2D eigenvalue weighted by Crippen LogP contribution is 2.55. The number of hydrogen-bond acceptors (Lipinski definition) is 4. The summed E-state index contributed by atoms with van der Waals surface area (Å²) in [4.78, 5) is 11.6. The molecule has 1 aliphatic carbocycles. The smallest absolute Gasteiger partial charge is 0.343 e. The fourth-order valence-electron chi connectivity index (χ4n) is 2.40. The molecule has 2 aliphatic rings. The molecule has 1 aromatic carbocycles. The quantitative estimate of drug-likeness (QED) is 0.596. The molecule has 0 spiro atoms. The van der Waals surface area contributed by atoms with Crippen LogP contribution < -0.4 is 10.5 Å². The van der Waals surface area contributed by atoms with Crippen LogP contribution in [0.15, 0.2) is 6.07 Å². The summed E-state index contributed by atoms with van der Waals surface area (Å²) < 4.78 is 23.8. The summed E-state index contributed by atoms with van der Waals surface area (Å²) in [5, 5.41) is 0. The predicted octanol–water partition coefficient (Wildman–Crippen LogP) is 1.69. The molecular weight excluding hydrogens is 225 g/mol. The number of carbonyl (C=O) groups excluding carboxylic acids is 1. The molecular formula is C12H12FNO3. The first-order valence-electron chi connectivity index (χ1n) is 5.46. The van der Waals surface area contributed by atoms with Crippen LogP contribution in [-0.2, 0) is 4.74 Å². The lowest BCUT2D eigenvalue weighted by Crippen LogP contribution is -2.16. The maximum Gasteiger partial charge on any atom is 0.343 e. The number of ether oxygens (including phenoxy) is 2. The third-order valence-corrected chi connectivity index (χ3v) is 3.45. The molecule has 1 saturated carbocycles. The van der Waals surface area contributed by atoms with Crippen LogP contribution >= 0.6 is 0 Å². The lowest BCUT2D eigenvalue weighted by molar-refractivity contribution is 0.0595. The first kappa shape index (κ1) is 10.4. The van der Waals surface area contributed by atoms with Gasteiger partial charge in [-0.3, -0.25) is 0 Å². The van der Waals surface area contributed by atoms with Gasteiger partial charge in [0.2, 0.25) is 0 Å². The van der Waals surface area contributed by atoms with Gasteiger partial charge in [-0.05, 0) is 18.4 Å². The van der Waals surface area contributed by atoms with Crippen LogP contribution in [0.3, 0.4) is 0 Å². The first-order valence-corrected chi connectivity index (χ1v) is 5.46. The largest absolute Gasteiger partial charge is 0.492 e. The number of anilines is 1. The van der Waals surface area contributed by atoms with Crippen molar-refractivity contribution in [2.45, 2.75) is 12.3 Å². The van der Waals surface area contributed by atoms with Crippen LogP contribution in [0.25, 0.3) is 0 Å². The average molecular weight is 237 g/mol. The van der Waals surface area contributed by atoms with Gasteiger partial charge in [0.05, 0.1) is 19.4 Å². The lowest BCUT2D eigenvalue weighted by atomic mass is 10.00. The molecule has 90 valence electrons. The number of methoxy groups -OCH3 is 1. The molecule has 17 heavy (non-hydrogen) atoms. The van der Waals surface area contributed by atoms with E-state index in [-0.39, 0.29) is 11.3 Å². The molecule has 4 nitrogen and oxygen atoms in total. The van der Waals surface area contributed by atoms with E-state index < -0.39 is 11.8 Å². The number of hydrogen-bond donors (Lipinski definition) is 1. The van der Waals surface area contributed by atoms with E-state index in [0.29, 0.717) is 24.2 Å². The topological polar surface area (TPSA) is 61.5 Å². The summed E-state index contributed by atoms with van der Waals surface area (Å²) in [6.07, 6.45) is 0.983. The minimum Gasteiger partial charge on any atom is -0.492 e. The highest BCUT2D eigenvalue weighted by molar-refractivity contribution is 5.99. The number of benzene rings is 1. The Bertz CT molecular complexity index is 515. The van der Waals surface area contributed by atoms with Gasteiger partial charge in [-0.15, -0.1) is 0 Å². The second kappa shape index (κ2) is 3.35. The fourth-order valence-corrected chi connectivity index (χ4v) is 2.40. The molecule has 1 aliphatic heterocycles. The zero-order chi connectivity index (χ0) is 12.2. The Morgan fingerprint density at radius 1 is 1.65 bits per heavy atom. The Labute approximate surface area is 97.5 Å². The van der Waals surface area contributed by atoms with Crippen molar-refractivity contribution in [1.82, 2.24) is 0 Å². The summed E-state index contributed by atoms with van der Waals surface area (Å²) in [7, 11) is 1.24. The van der Waals surface area contributed by atoms with Gasteiger partial charge < -0.3 is 15.2 Å². The summed E-state index contributed by atoms with van der Waals surface area (Å²) in [5.74, 6) is -0.0829. The Kier molecular flexibility index (Phi) is 2.05. The number of rotatable bonds is 1. The summed E-state index contributed by atoms with van der Waals surface area (Å²) in [5.41, 5.74) is 6.15. The van der Waals surface area contributed by atoms with Crippen molar-refractivity contribution in [1.29, 1.82) is 0 Å². The van der Waals surface area contributed by atoms with Gasteiger partial charge in [-0.1, -0.05) is 0 Å². The zero-order valence-corrected chi connectivity index (χ0v) is 9.33. The van der Waals surface area contributed by atoms with Gasteiger partial charge in [-0.25, -0.2) is 9.18 Å². The molecule has 0 radical (unpaired) electrons. The molecule has 0 aromatic heterocycles. The highest BCUT2D eigenvalue weighted by Gasteiger charge is 2.46. The molecule has 1 heterocycles. The standard InChI is InChI=1S/C12H12FNO3/c1-16-12(15)9-10(14)8(13)3-7-6-2-5(6)4-17-11(7)9/h3,5-6H,2,4,14H2,1H3. The predicted molar refractivity (Wildman–Crippen MR) is 58.5 cm³/mol. The maximum absolute atomic E-state index is 13.7. The van der Waals surface area contributed by atoms with Gasteiger partial charge >= 0.3 is 5.97 Å². The van der Waals surface area contributed by atoms with E-state index in [1.807, 2.05) is 0 Å².